The fraction of sp³-hybridized carbons (Fsp3) is 0.231. The van der Waals surface area contributed by atoms with Crippen LogP contribution in [0.3, 0.4) is 0 Å². The van der Waals surface area contributed by atoms with E-state index in [1.807, 2.05) is 43.7 Å². The second kappa shape index (κ2) is 9.33. The molecular weight excluding hydrogens is 426 g/mol. The summed E-state index contributed by atoms with van der Waals surface area (Å²) in [5.74, 6) is 3.77. The number of pyridine rings is 2. The predicted molar refractivity (Wildman–Crippen MR) is 134 cm³/mol. The number of anilines is 2. The molecule has 1 saturated heterocycles. The van der Waals surface area contributed by atoms with E-state index >= 15 is 0 Å². The molecule has 0 bridgehead atoms. The molecule has 170 valence electrons. The molecule has 34 heavy (non-hydrogen) atoms. The Balaban J connectivity index is 1.31. The lowest BCUT2D eigenvalue weighted by atomic mass is 10.1. The number of terminal acetylenes is 1. The van der Waals surface area contributed by atoms with Gasteiger partial charge in [-0.15, -0.1) is 6.42 Å². The molecule has 3 aromatic heterocycles. The van der Waals surface area contributed by atoms with Gasteiger partial charge in [0.25, 0.3) is 5.91 Å². The van der Waals surface area contributed by atoms with Gasteiger partial charge in [-0.3, -0.25) is 14.4 Å². The summed E-state index contributed by atoms with van der Waals surface area (Å²) in [6.45, 7) is 4.07. The number of hydrogen-bond donors (Lipinski definition) is 1. The first kappa shape index (κ1) is 21.6. The van der Waals surface area contributed by atoms with Gasteiger partial charge in [-0.05, 0) is 35.2 Å². The summed E-state index contributed by atoms with van der Waals surface area (Å²) in [6, 6.07) is 11.6. The minimum Gasteiger partial charge on any atom is -0.354 e. The SMILES string of the molecule is C#CCN1CCN(c2cc(C(=O)Nc3cc4cc(-c5cnn(C)c5)ccc4cn3)ccn2)CC1. The van der Waals surface area contributed by atoms with Crippen LogP contribution in [0.25, 0.3) is 21.9 Å². The van der Waals surface area contributed by atoms with Gasteiger partial charge >= 0.3 is 0 Å². The number of amides is 1. The van der Waals surface area contributed by atoms with E-state index in [0.29, 0.717) is 17.9 Å². The van der Waals surface area contributed by atoms with Gasteiger partial charge in [0.2, 0.25) is 0 Å². The van der Waals surface area contributed by atoms with Crippen LogP contribution in [0.5, 0.6) is 0 Å². The maximum atomic E-state index is 13.0. The Kier molecular flexibility index (Phi) is 5.93. The third kappa shape index (κ3) is 4.60. The summed E-state index contributed by atoms with van der Waals surface area (Å²) >= 11 is 0. The minimum absolute atomic E-state index is 0.218. The van der Waals surface area contributed by atoms with E-state index < -0.39 is 0 Å². The molecule has 5 rings (SSSR count). The summed E-state index contributed by atoms with van der Waals surface area (Å²) in [7, 11) is 1.89. The predicted octanol–water partition coefficient (Wildman–Crippen LogP) is 3.04. The molecule has 1 N–H and O–H groups in total. The van der Waals surface area contributed by atoms with Crippen molar-refractivity contribution < 1.29 is 4.79 Å². The molecule has 1 amide bonds. The van der Waals surface area contributed by atoms with Crippen molar-refractivity contribution in [2.75, 3.05) is 42.9 Å². The lowest BCUT2D eigenvalue weighted by Gasteiger charge is -2.34. The number of nitrogens with zero attached hydrogens (tertiary/aromatic N) is 6. The van der Waals surface area contributed by atoms with Gasteiger partial charge in [-0.2, -0.15) is 5.10 Å². The summed E-state index contributed by atoms with van der Waals surface area (Å²) in [5, 5.41) is 9.16. The topological polar surface area (TPSA) is 79.2 Å². The number of fused-ring (bicyclic) bond motifs is 1. The molecule has 8 heteroatoms. The molecule has 8 nitrogen and oxygen atoms in total. The highest BCUT2D eigenvalue weighted by Gasteiger charge is 2.18. The molecule has 1 fully saturated rings. The van der Waals surface area contributed by atoms with Crippen LogP contribution < -0.4 is 10.2 Å². The Morgan fingerprint density at radius 3 is 2.65 bits per heavy atom. The number of carbonyl (C=O) groups is 1. The van der Waals surface area contributed by atoms with Gasteiger partial charge in [0.05, 0.1) is 12.7 Å². The second-order valence-corrected chi connectivity index (χ2v) is 8.36. The van der Waals surface area contributed by atoms with Gasteiger partial charge in [-0.25, -0.2) is 9.97 Å². The molecule has 0 saturated carbocycles. The van der Waals surface area contributed by atoms with Gasteiger partial charge in [0.15, 0.2) is 0 Å². The molecule has 4 heterocycles. The number of carbonyl (C=O) groups excluding carboxylic acids is 1. The number of nitrogens with one attached hydrogen (secondary N) is 1. The van der Waals surface area contributed by atoms with Gasteiger partial charge in [-0.1, -0.05) is 18.1 Å². The van der Waals surface area contributed by atoms with Crippen LogP contribution in [-0.4, -0.2) is 63.3 Å². The van der Waals surface area contributed by atoms with Gasteiger partial charge in [0, 0.05) is 68.3 Å². The smallest absolute Gasteiger partial charge is 0.257 e. The van der Waals surface area contributed by atoms with E-state index in [0.717, 1.165) is 53.9 Å². The average Bonchev–Trinajstić information content (AvgIpc) is 3.30. The molecule has 0 atom stereocenters. The molecule has 1 aromatic carbocycles. The first-order valence-electron chi connectivity index (χ1n) is 11.2. The Labute approximate surface area is 198 Å². The van der Waals surface area contributed by atoms with Crippen LogP contribution in [0.15, 0.2) is 61.2 Å². The van der Waals surface area contributed by atoms with Crippen molar-refractivity contribution in [3.8, 4) is 23.5 Å². The van der Waals surface area contributed by atoms with Crippen molar-refractivity contribution in [3.63, 3.8) is 0 Å². The fourth-order valence-electron chi connectivity index (χ4n) is 4.14. The molecule has 0 aliphatic carbocycles. The lowest BCUT2D eigenvalue weighted by molar-refractivity contribution is 0.102. The van der Waals surface area contributed by atoms with Crippen molar-refractivity contribution >= 4 is 28.3 Å². The zero-order valence-corrected chi connectivity index (χ0v) is 19.0. The van der Waals surface area contributed by atoms with Crippen LogP contribution in [0.4, 0.5) is 11.6 Å². The first-order valence-corrected chi connectivity index (χ1v) is 11.2. The molecule has 4 aromatic rings. The Morgan fingerprint density at radius 2 is 1.88 bits per heavy atom. The zero-order valence-electron chi connectivity index (χ0n) is 19.0. The van der Waals surface area contributed by atoms with Crippen molar-refractivity contribution in [2.45, 2.75) is 0 Å². The third-order valence-electron chi connectivity index (χ3n) is 6.02. The maximum absolute atomic E-state index is 13.0. The quantitative estimate of drug-likeness (QED) is 0.470. The van der Waals surface area contributed by atoms with Crippen molar-refractivity contribution in [3.05, 3.63) is 66.7 Å². The Bertz CT molecular complexity index is 1380. The average molecular weight is 452 g/mol. The van der Waals surface area contributed by atoms with Crippen molar-refractivity contribution in [2.24, 2.45) is 7.05 Å². The summed E-state index contributed by atoms with van der Waals surface area (Å²) in [4.78, 5) is 26.3. The first-order chi connectivity index (χ1) is 16.6. The largest absolute Gasteiger partial charge is 0.354 e. The van der Waals surface area contributed by atoms with E-state index in [2.05, 4.69) is 42.2 Å². The van der Waals surface area contributed by atoms with Crippen LogP contribution in [0.1, 0.15) is 10.4 Å². The highest BCUT2D eigenvalue weighted by atomic mass is 16.1. The Morgan fingerprint density at radius 1 is 1.03 bits per heavy atom. The number of aryl methyl sites for hydroxylation is 1. The van der Waals surface area contributed by atoms with Crippen LogP contribution in [0.2, 0.25) is 0 Å². The van der Waals surface area contributed by atoms with E-state index in [1.54, 1.807) is 23.1 Å². The number of piperazine rings is 1. The summed E-state index contributed by atoms with van der Waals surface area (Å²) < 4.78 is 1.78. The van der Waals surface area contributed by atoms with Crippen molar-refractivity contribution in [1.82, 2.24) is 24.6 Å². The van der Waals surface area contributed by atoms with Crippen LogP contribution >= 0.6 is 0 Å². The van der Waals surface area contributed by atoms with Gasteiger partial charge in [0.1, 0.15) is 11.6 Å². The standard InChI is InChI=1S/C26H25N7O/c1-3-8-32-9-11-33(12-10-32)25-15-20(6-7-27-25)26(34)30-24-14-22-13-19(4-5-21(22)16-28-24)23-17-29-31(2)18-23/h1,4-7,13-18H,8-12H2,2H3,(H,28,30,34). The lowest BCUT2D eigenvalue weighted by Crippen LogP contribution is -2.46. The molecular formula is C26H25N7O. The minimum atomic E-state index is -0.218. The van der Waals surface area contributed by atoms with Crippen LogP contribution in [0, 0.1) is 12.3 Å². The fourth-order valence-corrected chi connectivity index (χ4v) is 4.14. The molecule has 1 aliphatic heterocycles. The third-order valence-corrected chi connectivity index (χ3v) is 6.02. The highest BCUT2D eigenvalue weighted by molar-refractivity contribution is 6.05. The summed E-state index contributed by atoms with van der Waals surface area (Å²) in [5.41, 5.74) is 2.64. The summed E-state index contributed by atoms with van der Waals surface area (Å²) in [6.07, 6.45) is 12.7. The monoisotopic (exact) mass is 451 g/mol. The maximum Gasteiger partial charge on any atom is 0.257 e. The second-order valence-electron chi connectivity index (χ2n) is 8.36. The Hall–Kier alpha value is -4.22. The van der Waals surface area contributed by atoms with E-state index in [1.165, 1.54) is 0 Å². The molecule has 0 spiro atoms. The molecule has 1 aliphatic rings. The molecule has 0 unspecified atom stereocenters. The van der Waals surface area contributed by atoms with E-state index in [-0.39, 0.29) is 5.91 Å². The highest BCUT2D eigenvalue weighted by Crippen LogP contribution is 2.25. The number of hydrogen-bond acceptors (Lipinski definition) is 6. The van der Waals surface area contributed by atoms with Gasteiger partial charge < -0.3 is 10.2 Å². The van der Waals surface area contributed by atoms with E-state index in [4.69, 9.17) is 6.42 Å². The number of rotatable bonds is 5. The van der Waals surface area contributed by atoms with Crippen molar-refractivity contribution in [1.29, 1.82) is 0 Å². The normalized spacial score (nSPS) is 14.2. The molecule has 0 radical (unpaired) electrons. The van der Waals surface area contributed by atoms with E-state index in [9.17, 15) is 4.79 Å². The zero-order chi connectivity index (χ0) is 23.5. The number of aromatic nitrogens is 4. The van der Waals surface area contributed by atoms with Crippen LogP contribution in [-0.2, 0) is 7.05 Å². The number of benzene rings is 1.